The van der Waals surface area contributed by atoms with Gasteiger partial charge in [-0.25, -0.2) is 4.79 Å². The van der Waals surface area contributed by atoms with E-state index in [9.17, 15) is 14.7 Å². The summed E-state index contributed by atoms with van der Waals surface area (Å²) >= 11 is 0. The van der Waals surface area contributed by atoms with Crippen LogP contribution in [0.2, 0.25) is 0 Å². The number of aromatic nitrogens is 1. The second kappa shape index (κ2) is 9.10. The molecule has 0 saturated carbocycles. The molecule has 2 aromatic carbocycles. The Hall–Kier alpha value is -3.52. The van der Waals surface area contributed by atoms with Crippen molar-refractivity contribution in [1.82, 2.24) is 19.7 Å². The molecule has 4 heterocycles. The molecule has 8 heteroatoms. The Balaban J connectivity index is 1.42. The van der Waals surface area contributed by atoms with Crippen LogP contribution in [0, 0.1) is 0 Å². The molecule has 1 aromatic heterocycles. The molecule has 2 unspecified atom stereocenters. The van der Waals surface area contributed by atoms with Crippen LogP contribution in [0.25, 0.3) is 10.9 Å². The highest BCUT2D eigenvalue weighted by molar-refractivity contribution is 6.08. The first-order valence-electron chi connectivity index (χ1n) is 13.3. The summed E-state index contributed by atoms with van der Waals surface area (Å²) in [4.78, 5) is 37.1. The normalized spacial score (nSPS) is 24.3. The van der Waals surface area contributed by atoms with Gasteiger partial charge in [0.2, 0.25) is 0 Å². The number of aromatic hydroxyl groups is 1. The number of hydrogen-bond donors (Lipinski definition) is 2. The van der Waals surface area contributed by atoms with E-state index in [1.54, 1.807) is 30.2 Å². The highest BCUT2D eigenvalue weighted by Crippen LogP contribution is 2.49. The standard InChI is InChI=1S/C29H34N4O4/c1-29-18-23-22-17-21(37-2)10-11-24(22)30-25(23)26(19-8-7-9-20(34)16-19)33(29)28(36)32(27(29)35)15-14-31-12-5-3-4-6-13-31/h7-11,16-17,26,30,34H,3-6,12-15,18H2,1-2H3. The molecule has 0 spiro atoms. The van der Waals surface area contributed by atoms with Crippen LogP contribution < -0.4 is 4.74 Å². The number of urea groups is 1. The Kier molecular flexibility index (Phi) is 5.87. The number of phenols is 1. The van der Waals surface area contributed by atoms with Crippen LogP contribution in [0.3, 0.4) is 0 Å². The van der Waals surface area contributed by atoms with Crippen LogP contribution in [0.5, 0.6) is 11.5 Å². The van der Waals surface area contributed by atoms with E-state index >= 15 is 0 Å². The molecule has 2 atom stereocenters. The predicted octanol–water partition coefficient (Wildman–Crippen LogP) is 4.43. The number of H-pyrrole nitrogens is 1. The molecule has 194 valence electrons. The second-order valence-electron chi connectivity index (χ2n) is 10.7. The predicted molar refractivity (Wildman–Crippen MR) is 141 cm³/mol. The lowest BCUT2D eigenvalue weighted by Gasteiger charge is -2.42. The fourth-order valence-electron chi connectivity index (χ4n) is 6.46. The molecule has 3 amide bonds. The molecule has 0 bridgehead atoms. The number of nitrogens with zero attached hydrogens (tertiary/aromatic N) is 3. The highest BCUT2D eigenvalue weighted by Gasteiger charge is 2.60. The van der Waals surface area contributed by atoms with E-state index in [4.69, 9.17) is 4.74 Å². The number of nitrogens with one attached hydrogen (secondary N) is 1. The topological polar surface area (TPSA) is 89.1 Å². The van der Waals surface area contributed by atoms with E-state index in [1.807, 2.05) is 31.2 Å². The molecular weight excluding hydrogens is 468 g/mol. The SMILES string of the molecule is COc1ccc2[nH]c3c(c2c1)CC1(C)C(=O)N(CCN2CCCCCC2)C(=O)N1C3c1cccc(O)c1. The summed E-state index contributed by atoms with van der Waals surface area (Å²) in [5, 5.41) is 11.3. The van der Waals surface area contributed by atoms with Gasteiger partial charge < -0.3 is 19.7 Å². The molecule has 2 fully saturated rings. The van der Waals surface area contributed by atoms with Crippen molar-refractivity contribution < 1.29 is 19.4 Å². The molecule has 2 N–H and O–H groups in total. The minimum atomic E-state index is -1.03. The molecule has 0 aliphatic carbocycles. The lowest BCUT2D eigenvalue weighted by molar-refractivity contribution is -0.133. The van der Waals surface area contributed by atoms with Gasteiger partial charge >= 0.3 is 6.03 Å². The zero-order valence-corrected chi connectivity index (χ0v) is 21.5. The van der Waals surface area contributed by atoms with E-state index in [2.05, 4.69) is 9.88 Å². The van der Waals surface area contributed by atoms with Crippen molar-refractivity contribution in [2.75, 3.05) is 33.3 Å². The minimum absolute atomic E-state index is 0.125. The number of phenolic OH excluding ortho intramolecular Hbond substituents is 1. The number of amides is 3. The van der Waals surface area contributed by atoms with E-state index in [0.29, 0.717) is 19.5 Å². The van der Waals surface area contributed by atoms with Gasteiger partial charge in [0, 0.05) is 36.1 Å². The van der Waals surface area contributed by atoms with Crippen LogP contribution >= 0.6 is 0 Å². The Labute approximate surface area is 216 Å². The molecule has 6 rings (SSSR count). The van der Waals surface area contributed by atoms with E-state index in [-0.39, 0.29) is 17.7 Å². The summed E-state index contributed by atoms with van der Waals surface area (Å²) in [6.07, 6.45) is 5.22. The van der Waals surface area contributed by atoms with Gasteiger partial charge in [-0.2, -0.15) is 0 Å². The first-order chi connectivity index (χ1) is 17.9. The highest BCUT2D eigenvalue weighted by atomic mass is 16.5. The summed E-state index contributed by atoms with van der Waals surface area (Å²) in [6, 6.07) is 12.0. The third-order valence-corrected chi connectivity index (χ3v) is 8.40. The van der Waals surface area contributed by atoms with Crippen LogP contribution in [0.15, 0.2) is 42.5 Å². The monoisotopic (exact) mass is 502 g/mol. The molecule has 37 heavy (non-hydrogen) atoms. The number of methoxy groups -OCH3 is 1. The Morgan fingerprint density at radius 3 is 2.57 bits per heavy atom. The number of aromatic amines is 1. The maximum Gasteiger partial charge on any atom is 0.328 e. The minimum Gasteiger partial charge on any atom is -0.508 e. The molecule has 3 aromatic rings. The number of benzene rings is 2. The molecule has 8 nitrogen and oxygen atoms in total. The number of hydrogen-bond acceptors (Lipinski definition) is 5. The van der Waals surface area contributed by atoms with Crippen molar-refractivity contribution in [2.24, 2.45) is 0 Å². The lowest BCUT2D eigenvalue weighted by atomic mass is 9.81. The Bertz CT molecular complexity index is 1360. The van der Waals surface area contributed by atoms with Crippen molar-refractivity contribution in [3.05, 3.63) is 59.3 Å². The van der Waals surface area contributed by atoms with Crippen LogP contribution in [0.1, 0.15) is 55.5 Å². The number of carbonyl (C=O) groups is 2. The zero-order chi connectivity index (χ0) is 25.7. The van der Waals surface area contributed by atoms with Gasteiger partial charge in [0.1, 0.15) is 23.1 Å². The average molecular weight is 503 g/mol. The van der Waals surface area contributed by atoms with Crippen molar-refractivity contribution in [3.8, 4) is 11.5 Å². The third-order valence-electron chi connectivity index (χ3n) is 8.40. The smallest absolute Gasteiger partial charge is 0.328 e. The van der Waals surface area contributed by atoms with Gasteiger partial charge in [-0.05, 0) is 74.3 Å². The number of ether oxygens (including phenoxy) is 1. The van der Waals surface area contributed by atoms with Crippen molar-refractivity contribution in [2.45, 2.75) is 50.6 Å². The quantitative estimate of drug-likeness (QED) is 0.504. The van der Waals surface area contributed by atoms with Crippen molar-refractivity contribution in [3.63, 3.8) is 0 Å². The van der Waals surface area contributed by atoms with Crippen LogP contribution in [-0.4, -0.2) is 75.6 Å². The molecule has 3 aliphatic rings. The molecule has 3 aliphatic heterocycles. The average Bonchev–Trinajstić information content (AvgIpc) is 3.16. The lowest BCUT2D eigenvalue weighted by Crippen LogP contribution is -2.53. The third kappa shape index (κ3) is 3.85. The van der Waals surface area contributed by atoms with Gasteiger partial charge in [-0.3, -0.25) is 14.6 Å². The molecular formula is C29H34N4O4. The van der Waals surface area contributed by atoms with Crippen LogP contribution in [0.4, 0.5) is 4.79 Å². The summed E-state index contributed by atoms with van der Waals surface area (Å²) in [6.45, 7) is 5.00. The van der Waals surface area contributed by atoms with Gasteiger partial charge in [0.15, 0.2) is 0 Å². The number of fused-ring (bicyclic) bond motifs is 4. The summed E-state index contributed by atoms with van der Waals surface area (Å²) in [5.41, 5.74) is 2.55. The van der Waals surface area contributed by atoms with Gasteiger partial charge in [-0.15, -0.1) is 0 Å². The molecule has 0 radical (unpaired) electrons. The van der Waals surface area contributed by atoms with Gasteiger partial charge in [0.05, 0.1) is 7.11 Å². The number of likely N-dealkylation sites (tertiary alicyclic amines) is 1. The number of carbonyl (C=O) groups excluding carboxylic acids is 2. The summed E-state index contributed by atoms with van der Waals surface area (Å²) in [5.74, 6) is 0.712. The Morgan fingerprint density at radius 2 is 1.84 bits per heavy atom. The number of imide groups is 1. The van der Waals surface area contributed by atoms with E-state index in [1.165, 1.54) is 17.7 Å². The summed E-state index contributed by atoms with van der Waals surface area (Å²) < 4.78 is 5.48. The Morgan fingerprint density at radius 1 is 1.05 bits per heavy atom. The molecule has 2 saturated heterocycles. The van der Waals surface area contributed by atoms with Gasteiger partial charge in [-0.1, -0.05) is 25.0 Å². The fourth-order valence-corrected chi connectivity index (χ4v) is 6.46. The number of rotatable bonds is 5. The maximum absolute atomic E-state index is 14.0. The van der Waals surface area contributed by atoms with E-state index in [0.717, 1.165) is 59.4 Å². The van der Waals surface area contributed by atoms with E-state index < -0.39 is 11.6 Å². The van der Waals surface area contributed by atoms with Crippen molar-refractivity contribution >= 4 is 22.8 Å². The first-order valence-corrected chi connectivity index (χ1v) is 13.3. The maximum atomic E-state index is 14.0. The van der Waals surface area contributed by atoms with Crippen molar-refractivity contribution in [1.29, 1.82) is 0 Å². The summed E-state index contributed by atoms with van der Waals surface area (Å²) in [7, 11) is 1.64. The zero-order valence-electron chi connectivity index (χ0n) is 21.5. The first kappa shape index (κ1) is 23.9. The fraction of sp³-hybridized carbons (Fsp3) is 0.448. The largest absolute Gasteiger partial charge is 0.508 e. The van der Waals surface area contributed by atoms with Gasteiger partial charge in [0.25, 0.3) is 5.91 Å². The second-order valence-corrected chi connectivity index (χ2v) is 10.7. The van der Waals surface area contributed by atoms with Crippen LogP contribution in [-0.2, 0) is 11.2 Å².